The van der Waals surface area contributed by atoms with Gasteiger partial charge in [0.05, 0.1) is 17.6 Å². The number of rotatable bonds is 3. The van der Waals surface area contributed by atoms with Crippen molar-refractivity contribution in [2.45, 2.75) is 24.4 Å². The Morgan fingerprint density at radius 1 is 1.21 bits per heavy atom. The molecule has 1 aromatic carbocycles. The lowest BCUT2D eigenvalue weighted by Gasteiger charge is -2.24. The molecule has 3 heterocycles. The van der Waals surface area contributed by atoms with Crippen LogP contribution in [0.3, 0.4) is 0 Å². The summed E-state index contributed by atoms with van der Waals surface area (Å²) in [6, 6.07) is 15.2. The Balaban J connectivity index is 1.91. The van der Waals surface area contributed by atoms with Crippen LogP contribution in [0.4, 0.5) is 0 Å². The zero-order chi connectivity index (χ0) is 16.7. The largest absolute Gasteiger partial charge is 0.356 e. The first-order chi connectivity index (χ1) is 11.7. The van der Waals surface area contributed by atoms with E-state index in [9.17, 15) is 0 Å². The molecule has 1 aromatic heterocycles. The van der Waals surface area contributed by atoms with Crippen molar-refractivity contribution in [1.29, 1.82) is 0 Å². The summed E-state index contributed by atoms with van der Waals surface area (Å²) < 4.78 is 0. The van der Waals surface area contributed by atoms with Gasteiger partial charge in [-0.1, -0.05) is 18.2 Å². The molecule has 4 heteroatoms. The second-order valence-corrected chi connectivity index (χ2v) is 7.44. The van der Waals surface area contributed by atoms with E-state index in [-0.39, 0.29) is 0 Å². The lowest BCUT2D eigenvalue weighted by atomic mass is 9.91. The molecule has 1 fully saturated rings. The van der Waals surface area contributed by atoms with Crippen LogP contribution in [0.5, 0.6) is 0 Å². The number of thioether (sulfide) groups is 1. The summed E-state index contributed by atoms with van der Waals surface area (Å²) in [6.45, 7) is 3.14. The van der Waals surface area contributed by atoms with Crippen LogP contribution in [0.25, 0.3) is 11.3 Å². The molecule has 1 N–H and O–H groups in total. The zero-order valence-corrected chi connectivity index (χ0v) is 15.2. The Bertz CT molecular complexity index is 799. The minimum absolute atomic E-state index is 0.384. The van der Waals surface area contributed by atoms with E-state index in [0.29, 0.717) is 12.1 Å². The number of hydrogen-bond donors (Lipinski definition) is 1. The normalized spacial score (nSPS) is 23.0. The van der Waals surface area contributed by atoms with Gasteiger partial charge < -0.3 is 4.90 Å². The number of fused-ring (bicyclic) bond motifs is 1. The molecule has 0 spiro atoms. The summed E-state index contributed by atoms with van der Waals surface area (Å²) in [4.78, 5) is 8.52. The highest BCUT2D eigenvalue weighted by molar-refractivity contribution is 7.98. The molecule has 3 nitrogen and oxygen atoms in total. The number of aromatic nitrogens is 1. The van der Waals surface area contributed by atoms with Gasteiger partial charge in [-0.2, -0.15) is 0 Å². The summed E-state index contributed by atoms with van der Waals surface area (Å²) in [6.07, 6.45) is 3.70. The third kappa shape index (κ3) is 2.54. The second-order valence-electron chi connectivity index (χ2n) is 6.56. The average Bonchev–Trinajstić information content (AvgIpc) is 3.17. The van der Waals surface area contributed by atoms with E-state index < -0.39 is 0 Å². The van der Waals surface area contributed by atoms with E-state index >= 15 is 0 Å². The monoisotopic (exact) mass is 337 g/mol. The van der Waals surface area contributed by atoms with E-state index in [1.54, 1.807) is 11.8 Å². The Labute approximate surface area is 148 Å². The summed E-state index contributed by atoms with van der Waals surface area (Å²) in [5, 5.41) is 3.66. The maximum atomic E-state index is 4.82. The molecule has 2 aromatic rings. The van der Waals surface area contributed by atoms with Crippen molar-refractivity contribution in [3.05, 3.63) is 59.4 Å². The molecule has 1 saturated heterocycles. The molecule has 0 bridgehead atoms. The van der Waals surface area contributed by atoms with Gasteiger partial charge in [-0.25, -0.2) is 0 Å². The van der Waals surface area contributed by atoms with Crippen LogP contribution in [0.1, 0.15) is 23.4 Å². The minimum Gasteiger partial charge on any atom is -0.356 e. The SMILES string of the molecule is CSc1cccc(C2=C(c3cccc(C)n3)N(C)C3NCCC23)c1. The predicted molar refractivity (Wildman–Crippen MR) is 102 cm³/mol. The summed E-state index contributed by atoms with van der Waals surface area (Å²) in [5.74, 6) is 0.532. The minimum atomic E-state index is 0.384. The molecule has 0 aliphatic carbocycles. The fourth-order valence-corrected chi connectivity index (χ4v) is 4.50. The maximum absolute atomic E-state index is 4.82. The predicted octanol–water partition coefficient (Wildman–Crippen LogP) is 3.86. The smallest absolute Gasteiger partial charge is 0.0869 e. The first kappa shape index (κ1) is 15.7. The van der Waals surface area contributed by atoms with Crippen molar-refractivity contribution in [3.63, 3.8) is 0 Å². The second kappa shape index (κ2) is 6.26. The molecule has 0 radical (unpaired) electrons. The van der Waals surface area contributed by atoms with Gasteiger partial charge in [-0.05, 0) is 61.5 Å². The Hall–Kier alpha value is -1.78. The maximum Gasteiger partial charge on any atom is 0.0869 e. The molecule has 24 heavy (non-hydrogen) atoms. The summed E-state index contributed by atoms with van der Waals surface area (Å²) in [7, 11) is 2.20. The van der Waals surface area contributed by atoms with Gasteiger partial charge in [0.1, 0.15) is 0 Å². The average molecular weight is 337 g/mol. The molecular formula is C20H23N3S. The Kier molecular flexibility index (Phi) is 4.10. The van der Waals surface area contributed by atoms with Gasteiger partial charge >= 0.3 is 0 Å². The Morgan fingerprint density at radius 3 is 2.83 bits per heavy atom. The number of benzene rings is 1. The van der Waals surface area contributed by atoms with E-state index in [1.807, 2.05) is 0 Å². The van der Waals surface area contributed by atoms with Crippen molar-refractivity contribution in [1.82, 2.24) is 15.2 Å². The van der Waals surface area contributed by atoms with Gasteiger partial charge in [0.25, 0.3) is 0 Å². The summed E-state index contributed by atoms with van der Waals surface area (Å²) >= 11 is 1.80. The van der Waals surface area contributed by atoms with Gasteiger partial charge in [-0.3, -0.25) is 10.3 Å². The molecular weight excluding hydrogens is 314 g/mol. The van der Waals surface area contributed by atoms with E-state index in [0.717, 1.165) is 17.9 Å². The fraction of sp³-hybridized carbons (Fsp3) is 0.350. The van der Waals surface area contributed by atoms with Crippen molar-refractivity contribution in [2.75, 3.05) is 19.8 Å². The first-order valence-electron chi connectivity index (χ1n) is 8.48. The molecule has 0 amide bonds. The standard InChI is InChI=1S/C20H23N3S/c1-13-6-4-9-17(22-13)19-18(14-7-5-8-15(12-14)24-3)16-10-11-21-20(16)23(19)2/h4-9,12,16,20-21H,10-11H2,1-3H3. The number of hydrogen-bond acceptors (Lipinski definition) is 4. The van der Waals surface area contributed by atoms with Gasteiger partial charge in [0, 0.05) is 23.6 Å². The number of nitrogens with zero attached hydrogens (tertiary/aromatic N) is 2. The molecule has 2 unspecified atom stereocenters. The third-order valence-electron chi connectivity index (χ3n) is 5.10. The molecule has 124 valence electrons. The Morgan fingerprint density at radius 2 is 2.04 bits per heavy atom. The van der Waals surface area contributed by atoms with Crippen molar-refractivity contribution in [3.8, 4) is 0 Å². The highest BCUT2D eigenvalue weighted by Gasteiger charge is 2.42. The third-order valence-corrected chi connectivity index (χ3v) is 5.82. The topological polar surface area (TPSA) is 28.2 Å². The van der Waals surface area contributed by atoms with Crippen LogP contribution in [-0.2, 0) is 0 Å². The number of pyridine rings is 1. The number of aryl methyl sites for hydroxylation is 1. The zero-order valence-electron chi connectivity index (χ0n) is 14.4. The van der Waals surface area contributed by atoms with Crippen molar-refractivity contribution >= 4 is 23.0 Å². The highest BCUT2D eigenvalue weighted by Crippen LogP contribution is 2.46. The van der Waals surface area contributed by atoms with Crippen LogP contribution in [0.15, 0.2) is 47.4 Å². The van der Waals surface area contributed by atoms with Crippen molar-refractivity contribution in [2.24, 2.45) is 5.92 Å². The van der Waals surface area contributed by atoms with Crippen LogP contribution < -0.4 is 5.32 Å². The molecule has 2 aliphatic heterocycles. The van der Waals surface area contributed by atoms with Crippen LogP contribution in [-0.4, -0.2) is 35.9 Å². The quantitative estimate of drug-likeness (QED) is 0.861. The lowest BCUT2D eigenvalue weighted by molar-refractivity contribution is 0.314. The van der Waals surface area contributed by atoms with Crippen molar-refractivity contribution < 1.29 is 0 Å². The molecule has 2 atom stereocenters. The van der Waals surface area contributed by atoms with E-state index in [2.05, 4.69) is 72.9 Å². The van der Waals surface area contributed by atoms with E-state index in [4.69, 9.17) is 4.98 Å². The fourth-order valence-electron chi connectivity index (χ4n) is 4.04. The van der Waals surface area contributed by atoms with Gasteiger partial charge in [0.2, 0.25) is 0 Å². The number of nitrogens with one attached hydrogen (secondary N) is 1. The van der Waals surface area contributed by atoms with Gasteiger partial charge in [0.15, 0.2) is 0 Å². The van der Waals surface area contributed by atoms with Crippen LogP contribution in [0, 0.1) is 12.8 Å². The lowest BCUT2D eigenvalue weighted by Crippen LogP contribution is -2.37. The summed E-state index contributed by atoms with van der Waals surface area (Å²) in [5.41, 5.74) is 6.21. The van der Waals surface area contributed by atoms with E-state index in [1.165, 1.54) is 28.1 Å². The van der Waals surface area contributed by atoms with Crippen LogP contribution >= 0.6 is 11.8 Å². The highest BCUT2D eigenvalue weighted by atomic mass is 32.2. The molecule has 0 saturated carbocycles. The van der Waals surface area contributed by atoms with Gasteiger partial charge in [-0.15, -0.1) is 11.8 Å². The van der Waals surface area contributed by atoms with Crippen LogP contribution in [0.2, 0.25) is 0 Å². The molecule has 4 rings (SSSR count). The first-order valence-corrected chi connectivity index (χ1v) is 9.70. The molecule has 2 aliphatic rings.